The van der Waals surface area contributed by atoms with Gasteiger partial charge in [-0.1, -0.05) is 181 Å². The third kappa shape index (κ3) is 36.5. The van der Waals surface area contributed by atoms with Crippen LogP contribution < -0.4 is 10.6 Å². The minimum atomic E-state index is -0.498. The number of unbranched alkanes of at least 4 members (excludes halogenated alkanes) is 25. The molecule has 0 bridgehead atoms. The maximum absolute atomic E-state index is 14.0. The minimum absolute atomic E-state index is 0.00678. The number of nitrogens with one attached hydrogen (secondary N) is 2. The van der Waals surface area contributed by atoms with Gasteiger partial charge in [-0.25, -0.2) is 0 Å². The zero-order chi connectivity index (χ0) is 56.5. The Bertz CT molecular complexity index is 1400. The number of carbonyl (C=O) groups excluding carboxylic acids is 4. The fourth-order valence-corrected chi connectivity index (χ4v) is 11.2. The second kappa shape index (κ2) is 50.0. The van der Waals surface area contributed by atoms with Gasteiger partial charge in [-0.15, -0.1) is 0 Å². The van der Waals surface area contributed by atoms with E-state index in [0.29, 0.717) is 39.0 Å². The summed E-state index contributed by atoms with van der Waals surface area (Å²) < 4.78 is 11.1. The molecule has 0 saturated carbocycles. The Morgan fingerprint density at radius 2 is 0.705 bits per heavy atom. The van der Waals surface area contributed by atoms with Crippen LogP contribution in [0.4, 0.5) is 0 Å². The first-order valence-corrected chi connectivity index (χ1v) is 33.1. The summed E-state index contributed by atoms with van der Waals surface area (Å²) in [5, 5.41) is 6.43. The number of hydrogen-bond donors (Lipinski definition) is 2. The molecule has 2 heterocycles. The lowest BCUT2D eigenvalue weighted by Gasteiger charge is -2.35. The highest BCUT2D eigenvalue weighted by molar-refractivity contribution is 5.88. The van der Waals surface area contributed by atoms with Crippen molar-refractivity contribution in [3.63, 3.8) is 0 Å². The summed E-state index contributed by atoms with van der Waals surface area (Å²) in [7, 11) is 0. The zero-order valence-electron chi connectivity index (χ0n) is 51.8. The highest BCUT2D eigenvalue weighted by atomic mass is 16.5. The van der Waals surface area contributed by atoms with Crippen molar-refractivity contribution in [3.05, 3.63) is 24.3 Å². The zero-order valence-corrected chi connectivity index (χ0v) is 51.8. The Morgan fingerprint density at radius 3 is 1.03 bits per heavy atom. The van der Waals surface area contributed by atoms with Crippen molar-refractivity contribution in [2.24, 2.45) is 11.8 Å². The van der Waals surface area contributed by atoms with Crippen LogP contribution in [0.5, 0.6) is 0 Å². The van der Waals surface area contributed by atoms with Crippen molar-refractivity contribution in [1.82, 2.24) is 30.2 Å². The van der Waals surface area contributed by atoms with Crippen LogP contribution in [0.15, 0.2) is 24.3 Å². The Kier molecular flexibility index (Phi) is 45.7. The molecule has 0 spiro atoms. The summed E-state index contributed by atoms with van der Waals surface area (Å²) in [4.78, 5) is 64.5. The van der Waals surface area contributed by atoms with E-state index in [1.165, 1.54) is 116 Å². The molecule has 2 saturated heterocycles. The molecule has 12 heteroatoms. The van der Waals surface area contributed by atoms with E-state index >= 15 is 0 Å². The normalized spacial score (nSPS) is 15.4. The fraction of sp³-hybridized carbons (Fsp3) is 0.879. The SMILES string of the molecule is CCCCCCCC/C=C\CCCCCCCC(=O)N(CCCN1CCOCC1)C(C(=O)NCCCCCCNC(=O)C(C(C)C)N(CCCN1CCOCC1)C(=O)CCCCCCC/C=C\CCCCCCCC)C(C)C. The third-order valence-electron chi connectivity index (χ3n) is 16.1. The summed E-state index contributed by atoms with van der Waals surface area (Å²) in [5.41, 5.74) is 0. The Labute approximate surface area is 480 Å². The lowest BCUT2D eigenvalue weighted by atomic mass is 9.99. The van der Waals surface area contributed by atoms with Crippen molar-refractivity contribution in [1.29, 1.82) is 0 Å². The van der Waals surface area contributed by atoms with E-state index < -0.39 is 12.1 Å². The molecule has 2 fully saturated rings. The summed E-state index contributed by atoms with van der Waals surface area (Å²) in [6.45, 7) is 23.5. The molecular formula is C66H124N6O6. The van der Waals surface area contributed by atoms with Gasteiger partial charge in [0.2, 0.25) is 23.6 Å². The monoisotopic (exact) mass is 1100 g/mol. The van der Waals surface area contributed by atoms with Gasteiger partial charge >= 0.3 is 0 Å². The van der Waals surface area contributed by atoms with E-state index in [9.17, 15) is 19.2 Å². The molecule has 2 unspecified atom stereocenters. The molecular weight excluding hydrogens is 973 g/mol. The summed E-state index contributed by atoms with van der Waals surface area (Å²) >= 11 is 0. The van der Waals surface area contributed by atoms with Gasteiger partial charge in [0.15, 0.2) is 0 Å². The largest absolute Gasteiger partial charge is 0.379 e. The second-order valence-electron chi connectivity index (χ2n) is 23.8. The average molecular weight is 1100 g/mol. The first-order chi connectivity index (χ1) is 38.1. The van der Waals surface area contributed by atoms with Crippen LogP contribution >= 0.6 is 0 Å². The van der Waals surface area contributed by atoms with Crippen molar-refractivity contribution in [2.75, 3.05) is 91.9 Å². The first-order valence-electron chi connectivity index (χ1n) is 33.1. The van der Waals surface area contributed by atoms with Crippen LogP contribution in [0.3, 0.4) is 0 Å². The lowest BCUT2D eigenvalue weighted by molar-refractivity contribution is -0.142. The average Bonchev–Trinajstić information content (AvgIpc) is 3.43. The molecule has 0 aromatic rings. The molecule has 2 aliphatic heterocycles. The number of rotatable bonds is 51. The number of hydrogen-bond acceptors (Lipinski definition) is 8. The molecule has 78 heavy (non-hydrogen) atoms. The highest BCUT2D eigenvalue weighted by Gasteiger charge is 2.33. The third-order valence-corrected chi connectivity index (χ3v) is 16.1. The number of amides is 4. The van der Waals surface area contributed by atoms with Crippen LogP contribution in [0.1, 0.15) is 260 Å². The highest BCUT2D eigenvalue weighted by Crippen LogP contribution is 2.20. The molecule has 0 aliphatic carbocycles. The van der Waals surface area contributed by atoms with Gasteiger partial charge in [-0.2, -0.15) is 0 Å². The number of morpholine rings is 2. The van der Waals surface area contributed by atoms with Crippen LogP contribution in [0.2, 0.25) is 0 Å². The molecule has 2 N–H and O–H groups in total. The molecule has 2 atom stereocenters. The Morgan fingerprint density at radius 1 is 0.410 bits per heavy atom. The van der Waals surface area contributed by atoms with Gasteiger partial charge in [-0.3, -0.25) is 29.0 Å². The van der Waals surface area contributed by atoms with Gasteiger partial charge in [0.1, 0.15) is 12.1 Å². The van der Waals surface area contributed by atoms with E-state index in [1.54, 1.807) is 0 Å². The van der Waals surface area contributed by atoms with Crippen molar-refractivity contribution >= 4 is 23.6 Å². The van der Waals surface area contributed by atoms with Crippen molar-refractivity contribution < 1.29 is 28.7 Å². The molecule has 0 radical (unpaired) electrons. The molecule has 12 nitrogen and oxygen atoms in total. The summed E-state index contributed by atoms with van der Waals surface area (Å²) in [6, 6.07) is -0.996. The van der Waals surface area contributed by atoms with E-state index in [-0.39, 0.29) is 35.5 Å². The number of nitrogens with zero attached hydrogens (tertiary/aromatic N) is 4. The summed E-state index contributed by atoms with van der Waals surface area (Å²) in [6.07, 6.45) is 47.4. The van der Waals surface area contributed by atoms with Gasteiger partial charge in [-0.05, 0) is 102 Å². The topological polar surface area (TPSA) is 124 Å². The van der Waals surface area contributed by atoms with Crippen LogP contribution in [0.25, 0.3) is 0 Å². The molecule has 454 valence electrons. The molecule has 4 amide bonds. The van der Waals surface area contributed by atoms with E-state index in [0.717, 1.165) is 156 Å². The van der Waals surface area contributed by atoms with E-state index in [2.05, 4.69) is 86.3 Å². The quantitative estimate of drug-likeness (QED) is 0.0456. The number of allylic oxidation sites excluding steroid dienone is 4. The van der Waals surface area contributed by atoms with E-state index in [4.69, 9.17) is 9.47 Å². The summed E-state index contributed by atoms with van der Waals surface area (Å²) in [5.74, 6) is 0.0821. The van der Waals surface area contributed by atoms with Crippen LogP contribution in [-0.2, 0) is 28.7 Å². The van der Waals surface area contributed by atoms with Gasteiger partial charge in [0.05, 0.1) is 26.4 Å². The van der Waals surface area contributed by atoms with Crippen molar-refractivity contribution in [3.8, 4) is 0 Å². The van der Waals surface area contributed by atoms with Crippen molar-refractivity contribution in [2.45, 2.75) is 272 Å². The number of ether oxygens (including phenoxy) is 2. The predicted octanol–water partition coefficient (Wildman–Crippen LogP) is 14.0. The minimum Gasteiger partial charge on any atom is -0.379 e. The van der Waals surface area contributed by atoms with Gasteiger partial charge < -0.3 is 29.9 Å². The maximum atomic E-state index is 14.0. The number of carbonyl (C=O) groups is 4. The molecule has 2 rings (SSSR count). The fourth-order valence-electron chi connectivity index (χ4n) is 11.2. The molecule has 0 aromatic heterocycles. The molecule has 0 aromatic carbocycles. The first kappa shape index (κ1) is 71.3. The van der Waals surface area contributed by atoms with Crippen LogP contribution in [-0.4, -0.2) is 147 Å². The maximum Gasteiger partial charge on any atom is 0.243 e. The Balaban J connectivity index is 1.81. The predicted molar refractivity (Wildman–Crippen MR) is 328 cm³/mol. The van der Waals surface area contributed by atoms with E-state index in [1.807, 2.05) is 9.80 Å². The lowest BCUT2D eigenvalue weighted by Crippen LogP contribution is -2.53. The van der Waals surface area contributed by atoms with Gasteiger partial charge in [0.25, 0.3) is 0 Å². The second-order valence-corrected chi connectivity index (χ2v) is 23.8. The Hall–Kier alpha value is -2.80. The smallest absolute Gasteiger partial charge is 0.243 e. The molecule has 2 aliphatic rings. The standard InChI is InChI=1S/C66H124N6O6/c1-7-9-11-13-15-17-19-21-23-25-27-29-31-33-37-43-61(73)71(49-41-47-69-51-55-77-56-52-69)63(59(3)4)65(75)67-45-39-35-36-40-46-68-66(76)64(60(5)6)72(50-42-48-70-53-57-78-58-54-70)62(74)44-38-34-32-30-28-26-24-22-20-18-16-14-12-10-8-2/h21-24,59-60,63-64H,7-20,25-58H2,1-6H3,(H,67,75)(H,68,76)/b23-21-,24-22-. The van der Waals surface area contributed by atoms with Crippen LogP contribution in [0, 0.1) is 11.8 Å². The van der Waals surface area contributed by atoms with Gasteiger partial charge in [0, 0.05) is 78.3 Å².